The summed E-state index contributed by atoms with van der Waals surface area (Å²) in [7, 11) is -3.54. The van der Waals surface area contributed by atoms with Crippen molar-refractivity contribution in [3.05, 3.63) is 53.5 Å². The first kappa shape index (κ1) is 23.5. The number of nitrogens with zero attached hydrogens (tertiary/aromatic N) is 2. The van der Waals surface area contributed by atoms with Crippen LogP contribution in [0.15, 0.2) is 45.7 Å². The number of rotatable bonds is 7. The van der Waals surface area contributed by atoms with Crippen molar-refractivity contribution in [1.82, 2.24) is 9.21 Å². The minimum Gasteiger partial charge on any atom is -0.464 e. The molecule has 6 nitrogen and oxygen atoms in total. The molecule has 31 heavy (non-hydrogen) atoms. The maximum Gasteiger partial charge on any atom is 0.243 e. The average Bonchev–Trinajstić information content (AvgIpc) is 3.16. The van der Waals surface area contributed by atoms with Crippen molar-refractivity contribution in [3.8, 4) is 0 Å². The number of amides is 1. The number of hydrogen-bond acceptors (Lipinski definition) is 4. The predicted octanol–water partition coefficient (Wildman–Crippen LogP) is 4.55. The fraction of sp³-hybridized carbons (Fsp3) is 0.542. The van der Waals surface area contributed by atoms with E-state index in [9.17, 15) is 13.2 Å². The Morgan fingerprint density at radius 1 is 1.06 bits per heavy atom. The summed E-state index contributed by atoms with van der Waals surface area (Å²) >= 11 is 0. The van der Waals surface area contributed by atoms with Gasteiger partial charge in [0.25, 0.3) is 0 Å². The lowest BCUT2D eigenvalue weighted by Crippen LogP contribution is -2.46. The number of hydrogen-bond donors (Lipinski definition) is 0. The fourth-order valence-electron chi connectivity index (χ4n) is 4.00. The summed E-state index contributed by atoms with van der Waals surface area (Å²) in [4.78, 5) is 15.3. The number of sulfonamides is 1. The first-order chi connectivity index (χ1) is 14.6. The molecule has 2 aromatic rings. The van der Waals surface area contributed by atoms with E-state index in [1.807, 2.05) is 49.9 Å². The molecule has 0 radical (unpaired) electrons. The Hall–Kier alpha value is -2.12. The number of carbonyl (C=O) groups excluding carboxylic acids is 1. The summed E-state index contributed by atoms with van der Waals surface area (Å²) in [6.07, 6.45) is 1.06. The largest absolute Gasteiger partial charge is 0.464 e. The number of carbonyl (C=O) groups is 1. The molecular weight excluding hydrogens is 412 g/mol. The van der Waals surface area contributed by atoms with Gasteiger partial charge in [-0.05, 0) is 69.4 Å². The van der Waals surface area contributed by atoms with Gasteiger partial charge in [0.2, 0.25) is 15.9 Å². The molecule has 2 heterocycles. The molecule has 0 atom stereocenters. The van der Waals surface area contributed by atoms with Crippen LogP contribution in [0.1, 0.15) is 63.5 Å². The summed E-state index contributed by atoms with van der Waals surface area (Å²) in [5.41, 5.74) is 1.11. The normalized spacial score (nSPS) is 16.2. The third-order valence-corrected chi connectivity index (χ3v) is 7.93. The average molecular weight is 447 g/mol. The van der Waals surface area contributed by atoms with E-state index >= 15 is 0 Å². The highest BCUT2D eigenvalue weighted by Crippen LogP contribution is 2.27. The zero-order chi connectivity index (χ0) is 22.8. The molecule has 1 amide bonds. The van der Waals surface area contributed by atoms with Crippen LogP contribution < -0.4 is 0 Å². The fourth-order valence-corrected chi connectivity index (χ4v) is 5.47. The van der Waals surface area contributed by atoms with Crippen LogP contribution in [0.5, 0.6) is 0 Å². The van der Waals surface area contributed by atoms with Crippen LogP contribution >= 0.6 is 0 Å². The van der Waals surface area contributed by atoms with Crippen molar-refractivity contribution in [3.63, 3.8) is 0 Å². The zero-order valence-corrected chi connectivity index (χ0v) is 20.0. The van der Waals surface area contributed by atoms with Crippen molar-refractivity contribution in [2.45, 2.75) is 70.9 Å². The molecule has 0 saturated carbocycles. The van der Waals surface area contributed by atoms with Gasteiger partial charge in [0.05, 0.1) is 11.4 Å². The van der Waals surface area contributed by atoms with Crippen LogP contribution in [0, 0.1) is 12.8 Å². The van der Waals surface area contributed by atoms with Crippen LogP contribution in [0.25, 0.3) is 0 Å². The molecule has 0 N–H and O–H groups in total. The van der Waals surface area contributed by atoms with E-state index in [4.69, 9.17) is 4.42 Å². The van der Waals surface area contributed by atoms with Gasteiger partial charge >= 0.3 is 0 Å². The monoisotopic (exact) mass is 446 g/mol. The number of furan rings is 1. The zero-order valence-electron chi connectivity index (χ0n) is 19.2. The first-order valence-electron chi connectivity index (χ1n) is 11.1. The second-order valence-electron chi connectivity index (χ2n) is 8.97. The van der Waals surface area contributed by atoms with E-state index in [2.05, 4.69) is 13.8 Å². The van der Waals surface area contributed by atoms with E-state index in [0.717, 1.165) is 17.1 Å². The Bertz CT molecular complexity index is 985. The van der Waals surface area contributed by atoms with Gasteiger partial charge in [-0.3, -0.25) is 4.79 Å². The Labute approximate surface area is 186 Å². The standard InChI is InChI=1S/C24H34N2O4S/c1-17(2)20-7-10-23(11-8-20)31(28,29)25-14-12-21(13-15-25)24(27)26(18(3)4)16-22-9-6-19(5)30-22/h6-11,17-18,21H,12-16H2,1-5H3. The molecule has 0 bridgehead atoms. The van der Waals surface area contributed by atoms with Gasteiger partial charge in [-0.15, -0.1) is 0 Å². The molecule has 0 unspecified atom stereocenters. The van der Waals surface area contributed by atoms with Crippen LogP contribution in [0.2, 0.25) is 0 Å². The Morgan fingerprint density at radius 3 is 2.16 bits per heavy atom. The Balaban J connectivity index is 1.65. The van der Waals surface area contributed by atoms with Gasteiger partial charge in [-0.1, -0.05) is 26.0 Å². The quantitative estimate of drug-likeness (QED) is 0.626. The second kappa shape index (κ2) is 9.57. The lowest BCUT2D eigenvalue weighted by atomic mass is 9.96. The molecule has 1 fully saturated rings. The lowest BCUT2D eigenvalue weighted by molar-refractivity contribution is -0.139. The Morgan fingerprint density at radius 2 is 1.68 bits per heavy atom. The lowest BCUT2D eigenvalue weighted by Gasteiger charge is -2.35. The SMILES string of the molecule is Cc1ccc(CN(C(=O)C2CCN(S(=O)(=O)c3ccc(C(C)C)cc3)CC2)C(C)C)o1. The maximum atomic E-state index is 13.2. The van der Waals surface area contributed by atoms with Crippen LogP contribution in [0.3, 0.4) is 0 Å². The highest BCUT2D eigenvalue weighted by atomic mass is 32.2. The molecular formula is C24H34N2O4S. The molecule has 7 heteroatoms. The van der Waals surface area contributed by atoms with Crippen molar-refractivity contribution in [1.29, 1.82) is 0 Å². The van der Waals surface area contributed by atoms with Gasteiger partial charge in [0.1, 0.15) is 11.5 Å². The molecule has 3 rings (SSSR count). The van der Waals surface area contributed by atoms with Crippen molar-refractivity contribution >= 4 is 15.9 Å². The van der Waals surface area contributed by atoms with Gasteiger partial charge in [-0.25, -0.2) is 8.42 Å². The van der Waals surface area contributed by atoms with Crippen molar-refractivity contribution < 1.29 is 17.6 Å². The number of piperidine rings is 1. The van der Waals surface area contributed by atoms with Crippen molar-refractivity contribution in [2.75, 3.05) is 13.1 Å². The van der Waals surface area contributed by atoms with Gasteiger partial charge in [0.15, 0.2) is 0 Å². The van der Waals surface area contributed by atoms with E-state index in [0.29, 0.717) is 43.3 Å². The topological polar surface area (TPSA) is 70.8 Å². The highest BCUT2D eigenvalue weighted by molar-refractivity contribution is 7.89. The summed E-state index contributed by atoms with van der Waals surface area (Å²) in [5, 5.41) is 0. The molecule has 1 aromatic heterocycles. The summed E-state index contributed by atoms with van der Waals surface area (Å²) < 4.78 is 33.3. The minimum atomic E-state index is -3.54. The first-order valence-corrected chi connectivity index (χ1v) is 12.5. The minimum absolute atomic E-state index is 0.0409. The van der Waals surface area contributed by atoms with Gasteiger partial charge in [0, 0.05) is 25.0 Å². The summed E-state index contributed by atoms with van der Waals surface area (Å²) in [5.74, 6) is 1.85. The number of aryl methyl sites for hydroxylation is 1. The van der Waals surface area contributed by atoms with E-state index in [-0.39, 0.29) is 17.9 Å². The molecule has 0 spiro atoms. The number of benzene rings is 1. The highest BCUT2D eigenvalue weighted by Gasteiger charge is 2.34. The van der Waals surface area contributed by atoms with E-state index < -0.39 is 10.0 Å². The van der Waals surface area contributed by atoms with Gasteiger partial charge < -0.3 is 9.32 Å². The molecule has 170 valence electrons. The summed E-state index contributed by atoms with van der Waals surface area (Å²) in [6.45, 7) is 11.2. The Kier molecular flexibility index (Phi) is 7.27. The second-order valence-corrected chi connectivity index (χ2v) is 10.9. The third-order valence-electron chi connectivity index (χ3n) is 6.02. The van der Waals surface area contributed by atoms with Crippen LogP contribution in [-0.2, 0) is 21.4 Å². The molecule has 1 aliphatic rings. The van der Waals surface area contributed by atoms with Crippen molar-refractivity contribution in [2.24, 2.45) is 5.92 Å². The summed E-state index contributed by atoms with van der Waals surface area (Å²) in [6, 6.07) is 11.0. The third kappa shape index (κ3) is 5.39. The molecule has 1 aromatic carbocycles. The van der Waals surface area contributed by atoms with Gasteiger partial charge in [-0.2, -0.15) is 4.31 Å². The molecule has 1 aliphatic heterocycles. The molecule has 0 aliphatic carbocycles. The van der Waals surface area contributed by atoms with Crippen LogP contribution in [-0.4, -0.2) is 42.7 Å². The molecule has 1 saturated heterocycles. The van der Waals surface area contributed by atoms with E-state index in [1.54, 1.807) is 12.1 Å². The smallest absolute Gasteiger partial charge is 0.243 e. The van der Waals surface area contributed by atoms with E-state index in [1.165, 1.54) is 4.31 Å². The maximum absolute atomic E-state index is 13.2. The van der Waals surface area contributed by atoms with Crippen LogP contribution in [0.4, 0.5) is 0 Å². The predicted molar refractivity (Wildman–Crippen MR) is 121 cm³/mol.